The zero-order valence-corrected chi connectivity index (χ0v) is 24.9. The molecule has 1 aliphatic rings. The monoisotopic (exact) mass is 572 g/mol. The van der Waals surface area contributed by atoms with Crippen LogP contribution in [-0.2, 0) is 34.1 Å². The zero-order chi connectivity index (χ0) is 29.3. The molecule has 0 radical (unpaired) electrons. The van der Waals surface area contributed by atoms with Crippen molar-refractivity contribution in [3.05, 3.63) is 64.7 Å². The molecule has 3 atom stereocenters. The number of fused-ring (bicyclic) bond motifs is 4. The Labute approximate surface area is 238 Å². The number of rotatable bonds is 10. The van der Waals surface area contributed by atoms with Crippen molar-refractivity contribution in [2.24, 2.45) is 0 Å². The largest absolute Gasteiger partial charge is 0.394 e. The molecule has 220 valence electrons. The predicted molar refractivity (Wildman–Crippen MR) is 159 cm³/mol. The van der Waals surface area contributed by atoms with Crippen LogP contribution in [0.25, 0.3) is 0 Å². The van der Waals surface area contributed by atoms with E-state index >= 15 is 0 Å². The van der Waals surface area contributed by atoms with Gasteiger partial charge in [-0.1, -0.05) is 38.1 Å². The van der Waals surface area contributed by atoms with Gasteiger partial charge in [-0.2, -0.15) is 0 Å². The average Bonchev–Trinajstić information content (AvgIpc) is 2.92. The quantitative estimate of drug-likeness (QED) is 0.347. The molecule has 1 heterocycles. The number of nitrogens with zero attached hydrogens (tertiary/aromatic N) is 1. The summed E-state index contributed by atoms with van der Waals surface area (Å²) in [5.41, 5.74) is 4.10. The Morgan fingerprint density at radius 1 is 1.07 bits per heavy atom. The van der Waals surface area contributed by atoms with E-state index in [1.165, 1.54) is 16.9 Å². The van der Waals surface area contributed by atoms with Gasteiger partial charge in [0.15, 0.2) is 0 Å². The molecule has 10 heteroatoms. The van der Waals surface area contributed by atoms with Crippen LogP contribution in [0, 0.1) is 0 Å². The number of carbonyl (C=O) groups is 2. The highest BCUT2D eigenvalue weighted by Crippen LogP contribution is 2.23. The molecule has 0 saturated heterocycles. The lowest BCUT2D eigenvalue weighted by Crippen LogP contribution is -2.52. The first-order valence-corrected chi connectivity index (χ1v) is 16.0. The van der Waals surface area contributed by atoms with Gasteiger partial charge in [0.1, 0.15) is 0 Å². The van der Waals surface area contributed by atoms with E-state index in [0.29, 0.717) is 37.1 Å². The first-order valence-electron chi connectivity index (χ1n) is 14.1. The molecule has 0 saturated carbocycles. The Hall–Kier alpha value is -2.95. The lowest BCUT2D eigenvalue weighted by atomic mass is 9.97. The topological polar surface area (TPSA) is 128 Å². The van der Waals surface area contributed by atoms with Crippen molar-refractivity contribution >= 4 is 27.5 Å². The highest BCUT2D eigenvalue weighted by Gasteiger charge is 2.23. The molecule has 0 fully saturated rings. The maximum atomic E-state index is 13.6. The molecule has 1 aliphatic heterocycles. The standard InChI is InChI=1S/C30H44N4O5S/c1-5-25(20-35)32-30(37)28(6-2)31-19-26-16-22-13-9-12-21(14-22)10-7-8-11-23-15-24(29(36)33-26)18-27(17-23)34(3)40(4,38)39/h9,12-15,17-18,25-26,28,31,35H,5-8,10-11,16,19-20H2,1-4H3,(H,32,37)(H,33,36)/t25-,26+,28+/m1/s1. The second-order valence-corrected chi connectivity index (χ2v) is 12.7. The van der Waals surface area contributed by atoms with Crippen LogP contribution in [0.15, 0.2) is 42.5 Å². The number of sulfonamides is 1. The van der Waals surface area contributed by atoms with E-state index < -0.39 is 16.1 Å². The fraction of sp³-hybridized carbons (Fsp3) is 0.533. The molecule has 0 aliphatic carbocycles. The van der Waals surface area contributed by atoms with Crippen LogP contribution < -0.4 is 20.3 Å². The molecule has 0 unspecified atom stereocenters. The van der Waals surface area contributed by atoms with Gasteiger partial charge in [-0.25, -0.2) is 8.42 Å². The number of nitrogens with one attached hydrogen (secondary N) is 3. The van der Waals surface area contributed by atoms with Gasteiger partial charge in [-0.05, 0) is 79.8 Å². The number of aryl methyl sites for hydroxylation is 2. The van der Waals surface area contributed by atoms with Crippen molar-refractivity contribution in [3.8, 4) is 0 Å². The number of carbonyl (C=O) groups excluding carboxylic acids is 2. The van der Waals surface area contributed by atoms with E-state index in [9.17, 15) is 23.1 Å². The van der Waals surface area contributed by atoms with E-state index in [0.717, 1.165) is 43.1 Å². The SMILES string of the molecule is CC[C@H](CO)NC(=O)[C@H](CC)NC[C@@H]1Cc2cccc(c2)CCCCc2cc(cc(N(C)S(C)(=O)=O)c2)C(=O)N1. The van der Waals surface area contributed by atoms with Gasteiger partial charge in [0.2, 0.25) is 15.9 Å². The maximum Gasteiger partial charge on any atom is 0.251 e. The molecule has 9 nitrogen and oxygen atoms in total. The summed E-state index contributed by atoms with van der Waals surface area (Å²) in [7, 11) is -2.01. The first kappa shape index (κ1) is 31.6. The van der Waals surface area contributed by atoms with Crippen LogP contribution in [0.3, 0.4) is 0 Å². The normalized spacial score (nSPS) is 17.7. The number of hydrogen-bond donors (Lipinski definition) is 4. The molecule has 3 rings (SSSR count). The van der Waals surface area contributed by atoms with Gasteiger partial charge in [-0.15, -0.1) is 0 Å². The van der Waals surface area contributed by atoms with Crippen molar-refractivity contribution < 1.29 is 23.1 Å². The second-order valence-electron chi connectivity index (χ2n) is 10.7. The van der Waals surface area contributed by atoms with Crippen molar-refractivity contribution in [2.75, 3.05) is 30.8 Å². The summed E-state index contributed by atoms with van der Waals surface area (Å²) in [5.74, 6) is -0.479. The van der Waals surface area contributed by atoms with Gasteiger partial charge >= 0.3 is 0 Å². The number of anilines is 1. The maximum absolute atomic E-state index is 13.6. The van der Waals surface area contributed by atoms with Gasteiger partial charge < -0.3 is 21.1 Å². The minimum Gasteiger partial charge on any atom is -0.394 e. The highest BCUT2D eigenvalue weighted by atomic mass is 32.2. The predicted octanol–water partition coefficient (Wildman–Crippen LogP) is 2.56. The van der Waals surface area contributed by atoms with E-state index in [1.54, 1.807) is 6.07 Å². The molecule has 2 aromatic carbocycles. The Morgan fingerprint density at radius 3 is 2.42 bits per heavy atom. The number of hydrogen-bond acceptors (Lipinski definition) is 6. The van der Waals surface area contributed by atoms with Crippen molar-refractivity contribution in [3.63, 3.8) is 0 Å². The van der Waals surface area contributed by atoms with Crippen LogP contribution in [0.5, 0.6) is 0 Å². The minimum absolute atomic E-state index is 0.122. The molecule has 2 aromatic rings. The van der Waals surface area contributed by atoms with Crippen LogP contribution in [0.1, 0.15) is 66.6 Å². The average molecular weight is 573 g/mol. The third-order valence-electron chi connectivity index (χ3n) is 7.49. The minimum atomic E-state index is -3.50. The molecule has 0 aromatic heterocycles. The summed E-state index contributed by atoms with van der Waals surface area (Å²) in [6.45, 7) is 4.05. The van der Waals surface area contributed by atoms with Crippen LogP contribution >= 0.6 is 0 Å². The molecule has 4 N–H and O–H groups in total. The first-order chi connectivity index (χ1) is 19.0. The molecular weight excluding hydrogens is 528 g/mol. The summed E-state index contributed by atoms with van der Waals surface area (Å²) in [4.78, 5) is 26.4. The van der Waals surface area contributed by atoms with Crippen molar-refractivity contribution in [1.82, 2.24) is 16.0 Å². The van der Waals surface area contributed by atoms with Gasteiger partial charge in [0, 0.05) is 25.2 Å². The summed E-state index contributed by atoms with van der Waals surface area (Å²) in [6, 6.07) is 12.6. The lowest BCUT2D eigenvalue weighted by Gasteiger charge is -2.25. The number of aliphatic hydroxyl groups excluding tert-OH is 1. The van der Waals surface area contributed by atoms with E-state index in [4.69, 9.17) is 0 Å². The van der Waals surface area contributed by atoms with Gasteiger partial charge in [0.25, 0.3) is 5.91 Å². The summed E-state index contributed by atoms with van der Waals surface area (Å²) < 4.78 is 25.7. The zero-order valence-electron chi connectivity index (χ0n) is 24.1. The number of aliphatic hydroxyl groups is 1. The molecule has 40 heavy (non-hydrogen) atoms. The molecular formula is C30H44N4O5S. The summed E-state index contributed by atoms with van der Waals surface area (Å²) >= 11 is 0. The molecule has 4 bridgehead atoms. The Balaban J connectivity index is 1.89. The fourth-order valence-corrected chi connectivity index (χ4v) is 5.39. The van der Waals surface area contributed by atoms with Gasteiger partial charge in [-0.3, -0.25) is 13.9 Å². The van der Waals surface area contributed by atoms with E-state index in [-0.39, 0.29) is 30.5 Å². The third kappa shape index (κ3) is 9.04. The smallest absolute Gasteiger partial charge is 0.251 e. The second kappa shape index (κ2) is 14.6. The van der Waals surface area contributed by atoms with Gasteiger partial charge in [0.05, 0.1) is 30.6 Å². The third-order valence-corrected chi connectivity index (χ3v) is 8.69. The highest BCUT2D eigenvalue weighted by molar-refractivity contribution is 7.92. The summed E-state index contributed by atoms with van der Waals surface area (Å²) in [6.07, 6.45) is 6.44. The lowest BCUT2D eigenvalue weighted by molar-refractivity contribution is -0.124. The van der Waals surface area contributed by atoms with E-state index in [2.05, 4.69) is 28.1 Å². The van der Waals surface area contributed by atoms with Crippen LogP contribution in [0.2, 0.25) is 0 Å². The Kier molecular flexibility index (Phi) is 11.5. The van der Waals surface area contributed by atoms with Crippen molar-refractivity contribution in [2.45, 2.75) is 76.9 Å². The number of benzene rings is 2. The Bertz CT molecular complexity index is 1260. The Morgan fingerprint density at radius 2 is 1.77 bits per heavy atom. The van der Waals surface area contributed by atoms with Crippen molar-refractivity contribution in [1.29, 1.82) is 0 Å². The fourth-order valence-electron chi connectivity index (χ4n) is 4.91. The number of amides is 2. The van der Waals surface area contributed by atoms with Crippen LogP contribution in [-0.4, -0.2) is 69.9 Å². The summed E-state index contributed by atoms with van der Waals surface area (Å²) in [5, 5.41) is 18.8. The van der Waals surface area contributed by atoms with Crippen LogP contribution in [0.4, 0.5) is 5.69 Å². The molecule has 0 spiro atoms. The molecule has 2 amide bonds. The van der Waals surface area contributed by atoms with E-state index in [1.807, 2.05) is 38.1 Å².